The van der Waals surface area contributed by atoms with Crippen molar-refractivity contribution in [3.63, 3.8) is 0 Å². The zero-order valence-corrected chi connectivity index (χ0v) is 16.3. The van der Waals surface area contributed by atoms with Crippen molar-refractivity contribution in [1.29, 1.82) is 0 Å². The maximum atomic E-state index is 13.0. The molecule has 0 aromatic heterocycles. The number of nitrogens with one attached hydrogen (secondary N) is 2. The van der Waals surface area contributed by atoms with Crippen LogP contribution < -0.4 is 14.8 Å². The van der Waals surface area contributed by atoms with Crippen LogP contribution in [0.3, 0.4) is 0 Å². The van der Waals surface area contributed by atoms with Crippen molar-refractivity contribution in [2.75, 3.05) is 10.0 Å². The Bertz CT molecular complexity index is 1180. The Morgan fingerprint density at radius 1 is 0.871 bits per heavy atom. The van der Waals surface area contributed by atoms with E-state index >= 15 is 0 Å². The fourth-order valence-electron chi connectivity index (χ4n) is 2.49. The average molecular weight is 454 g/mol. The predicted molar refractivity (Wildman–Crippen MR) is 105 cm³/mol. The summed E-state index contributed by atoms with van der Waals surface area (Å²) in [4.78, 5) is 12.2. The molecule has 3 aromatic rings. The number of alkyl halides is 3. The summed E-state index contributed by atoms with van der Waals surface area (Å²) in [6.45, 7) is 0. The molecule has 31 heavy (non-hydrogen) atoms. The van der Waals surface area contributed by atoms with Gasteiger partial charge in [-0.25, -0.2) is 12.8 Å². The number of carbonyl (C=O) groups excluding carboxylic acids is 1. The van der Waals surface area contributed by atoms with Crippen LogP contribution in [0.15, 0.2) is 77.7 Å². The van der Waals surface area contributed by atoms with Crippen LogP contribution in [-0.4, -0.2) is 20.7 Å². The van der Waals surface area contributed by atoms with Gasteiger partial charge in [0.25, 0.3) is 15.9 Å². The van der Waals surface area contributed by atoms with Gasteiger partial charge in [0, 0.05) is 23.0 Å². The van der Waals surface area contributed by atoms with Gasteiger partial charge >= 0.3 is 6.36 Å². The lowest BCUT2D eigenvalue weighted by Crippen LogP contribution is -2.17. The zero-order valence-electron chi connectivity index (χ0n) is 15.5. The smallest absolute Gasteiger partial charge is 0.406 e. The molecule has 0 aliphatic heterocycles. The maximum Gasteiger partial charge on any atom is 0.573 e. The van der Waals surface area contributed by atoms with Crippen molar-refractivity contribution >= 4 is 27.3 Å². The van der Waals surface area contributed by atoms with E-state index < -0.39 is 33.9 Å². The minimum atomic E-state index is -4.86. The molecule has 0 heterocycles. The Hall–Kier alpha value is -3.60. The van der Waals surface area contributed by atoms with Crippen LogP contribution >= 0.6 is 0 Å². The molecule has 162 valence electrons. The van der Waals surface area contributed by atoms with E-state index in [1.54, 1.807) is 0 Å². The quantitative estimate of drug-likeness (QED) is 0.525. The highest BCUT2D eigenvalue weighted by Crippen LogP contribution is 2.25. The summed E-state index contributed by atoms with van der Waals surface area (Å²) in [5.74, 6) is -1.70. The summed E-state index contributed by atoms with van der Waals surface area (Å²) in [6.07, 6.45) is -4.86. The number of sulfonamides is 1. The second kappa shape index (κ2) is 8.64. The lowest BCUT2D eigenvalue weighted by molar-refractivity contribution is -0.274. The molecule has 0 atom stereocenters. The van der Waals surface area contributed by atoms with E-state index in [-0.39, 0.29) is 21.8 Å². The van der Waals surface area contributed by atoms with Crippen LogP contribution in [-0.2, 0) is 10.0 Å². The van der Waals surface area contributed by atoms with Crippen LogP contribution in [0.2, 0.25) is 0 Å². The minimum Gasteiger partial charge on any atom is -0.406 e. The number of ether oxygens (including phenoxy) is 1. The van der Waals surface area contributed by atoms with Crippen molar-refractivity contribution in [3.8, 4) is 5.75 Å². The molecule has 0 spiro atoms. The van der Waals surface area contributed by atoms with Crippen molar-refractivity contribution in [2.24, 2.45) is 0 Å². The molecule has 3 rings (SSSR count). The summed E-state index contributed by atoms with van der Waals surface area (Å²) in [5.41, 5.74) is 0.362. The van der Waals surface area contributed by atoms with Gasteiger partial charge in [0.05, 0.1) is 4.90 Å². The second-order valence-corrected chi connectivity index (χ2v) is 7.85. The summed E-state index contributed by atoms with van der Waals surface area (Å²) in [6, 6.07) is 14.3. The summed E-state index contributed by atoms with van der Waals surface area (Å²) < 4.78 is 80.6. The van der Waals surface area contributed by atoms with Gasteiger partial charge < -0.3 is 10.1 Å². The molecule has 0 bridgehead atoms. The lowest BCUT2D eigenvalue weighted by Gasteiger charge is -2.11. The number of carbonyl (C=O) groups is 1. The molecule has 0 fully saturated rings. The van der Waals surface area contributed by atoms with Crippen LogP contribution in [0.5, 0.6) is 5.75 Å². The Labute approximate surface area is 174 Å². The van der Waals surface area contributed by atoms with Gasteiger partial charge in [-0.3, -0.25) is 9.52 Å². The molecule has 0 saturated carbocycles. The molecule has 0 aliphatic rings. The molecule has 6 nitrogen and oxygen atoms in total. The standard InChI is InChI=1S/C20H14F4N2O4S/c21-14-6-10-18(11-7-14)31(28,29)26-15-8-4-13(5-9-15)19(27)25-16-2-1-3-17(12-16)30-20(22,23)24/h1-12,26H,(H,25,27). The van der Waals surface area contributed by atoms with Crippen molar-refractivity contribution in [3.05, 3.63) is 84.2 Å². The number of hydrogen-bond acceptors (Lipinski definition) is 4. The highest BCUT2D eigenvalue weighted by atomic mass is 32.2. The first-order chi connectivity index (χ1) is 14.5. The molecule has 2 N–H and O–H groups in total. The van der Waals surface area contributed by atoms with E-state index in [4.69, 9.17) is 0 Å². The van der Waals surface area contributed by atoms with E-state index in [1.807, 2.05) is 0 Å². The van der Waals surface area contributed by atoms with Gasteiger partial charge in [-0.15, -0.1) is 13.2 Å². The highest BCUT2D eigenvalue weighted by Gasteiger charge is 2.31. The zero-order chi connectivity index (χ0) is 22.6. The predicted octanol–water partition coefficient (Wildman–Crippen LogP) is 4.78. The largest absolute Gasteiger partial charge is 0.573 e. The average Bonchev–Trinajstić information content (AvgIpc) is 2.67. The first-order valence-corrected chi connectivity index (χ1v) is 10.1. The number of hydrogen-bond donors (Lipinski definition) is 2. The van der Waals surface area contributed by atoms with Crippen LogP contribution in [0.25, 0.3) is 0 Å². The molecule has 0 aliphatic carbocycles. The normalized spacial score (nSPS) is 11.6. The Balaban J connectivity index is 1.68. The van der Waals surface area contributed by atoms with E-state index in [1.165, 1.54) is 36.4 Å². The fraction of sp³-hybridized carbons (Fsp3) is 0.0500. The monoisotopic (exact) mass is 454 g/mol. The summed E-state index contributed by atoms with van der Waals surface area (Å²) >= 11 is 0. The third kappa shape index (κ3) is 6.19. The van der Waals surface area contributed by atoms with Gasteiger partial charge in [0.1, 0.15) is 11.6 Å². The summed E-state index contributed by atoms with van der Waals surface area (Å²) in [5, 5.41) is 2.42. The van der Waals surface area contributed by atoms with Gasteiger partial charge in [-0.1, -0.05) is 6.07 Å². The van der Waals surface area contributed by atoms with Crippen molar-refractivity contribution < 1.29 is 35.5 Å². The highest BCUT2D eigenvalue weighted by molar-refractivity contribution is 7.92. The van der Waals surface area contributed by atoms with E-state index in [0.717, 1.165) is 36.4 Å². The SMILES string of the molecule is O=C(Nc1cccc(OC(F)(F)F)c1)c1ccc(NS(=O)(=O)c2ccc(F)cc2)cc1. The molecule has 0 unspecified atom stereocenters. The first kappa shape index (κ1) is 22.1. The van der Waals surface area contributed by atoms with Crippen LogP contribution in [0, 0.1) is 5.82 Å². The number of rotatable bonds is 6. The molecule has 0 saturated heterocycles. The second-order valence-electron chi connectivity index (χ2n) is 6.17. The van der Waals surface area contributed by atoms with E-state index in [9.17, 15) is 30.8 Å². The Morgan fingerprint density at radius 2 is 1.52 bits per heavy atom. The topological polar surface area (TPSA) is 84.5 Å². The van der Waals surface area contributed by atoms with Gasteiger partial charge in [-0.2, -0.15) is 0 Å². The number of amides is 1. The van der Waals surface area contributed by atoms with Crippen molar-refractivity contribution in [1.82, 2.24) is 0 Å². The maximum absolute atomic E-state index is 13.0. The Morgan fingerprint density at radius 3 is 2.13 bits per heavy atom. The van der Waals surface area contributed by atoms with Crippen molar-refractivity contribution in [2.45, 2.75) is 11.3 Å². The van der Waals surface area contributed by atoms with E-state index in [0.29, 0.717) is 0 Å². The first-order valence-electron chi connectivity index (χ1n) is 8.57. The minimum absolute atomic E-state index is 0.0767. The van der Waals surface area contributed by atoms with Gasteiger partial charge in [-0.05, 0) is 60.7 Å². The molecule has 1 amide bonds. The third-order valence-electron chi connectivity index (χ3n) is 3.85. The molecule has 11 heteroatoms. The molecular formula is C20H14F4N2O4S. The summed E-state index contributed by atoms with van der Waals surface area (Å²) in [7, 11) is -3.95. The number of halogens is 4. The van der Waals surface area contributed by atoms with Crippen LogP contribution in [0.4, 0.5) is 28.9 Å². The molecular weight excluding hydrogens is 440 g/mol. The molecule has 3 aromatic carbocycles. The number of anilines is 2. The van der Waals surface area contributed by atoms with Gasteiger partial charge in [0.2, 0.25) is 0 Å². The van der Waals surface area contributed by atoms with Crippen LogP contribution in [0.1, 0.15) is 10.4 Å². The lowest BCUT2D eigenvalue weighted by atomic mass is 10.2. The third-order valence-corrected chi connectivity index (χ3v) is 5.25. The Kier molecular flexibility index (Phi) is 6.16. The van der Waals surface area contributed by atoms with E-state index in [2.05, 4.69) is 14.8 Å². The van der Waals surface area contributed by atoms with Gasteiger partial charge in [0.15, 0.2) is 0 Å². The number of benzene rings is 3. The fourth-order valence-corrected chi connectivity index (χ4v) is 3.55. The molecule has 0 radical (unpaired) electrons.